The Labute approximate surface area is 151 Å². The molecular weight excluding hydrogens is 332 g/mol. The van der Waals surface area contributed by atoms with Gasteiger partial charge in [-0.05, 0) is 42.0 Å². The van der Waals surface area contributed by atoms with E-state index in [0.717, 1.165) is 11.3 Å². The topological polar surface area (TPSA) is 86.7 Å². The SMILES string of the molecule is CN1C(=O)CC(C)(C)c2ccc(C(=O)Nc3ccc(C(=O)O)cc3)cc21. The number of amides is 2. The highest BCUT2D eigenvalue weighted by molar-refractivity contribution is 6.06. The molecule has 2 amide bonds. The van der Waals surface area contributed by atoms with E-state index in [4.69, 9.17) is 5.11 Å². The summed E-state index contributed by atoms with van der Waals surface area (Å²) < 4.78 is 0. The molecule has 0 fully saturated rings. The van der Waals surface area contributed by atoms with Gasteiger partial charge in [-0.1, -0.05) is 19.9 Å². The molecule has 0 aliphatic carbocycles. The van der Waals surface area contributed by atoms with Crippen LogP contribution >= 0.6 is 0 Å². The van der Waals surface area contributed by atoms with Crippen molar-refractivity contribution in [2.75, 3.05) is 17.3 Å². The number of hydrogen-bond donors (Lipinski definition) is 2. The molecular formula is C20H20N2O4. The number of benzene rings is 2. The van der Waals surface area contributed by atoms with E-state index in [9.17, 15) is 14.4 Å². The van der Waals surface area contributed by atoms with Gasteiger partial charge in [0, 0.05) is 35.8 Å². The molecule has 0 saturated heterocycles. The standard InChI is InChI=1S/C20H20N2O4/c1-20(2)11-17(23)22(3)16-10-13(6-9-15(16)20)18(24)21-14-7-4-12(5-8-14)19(25)26/h4-10H,11H2,1-3H3,(H,21,24)(H,25,26). The summed E-state index contributed by atoms with van der Waals surface area (Å²) in [6, 6.07) is 11.3. The van der Waals surface area contributed by atoms with Crippen LogP contribution in [0.25, 0.3) is 0 Å². The molecule has 0 saturated carbocycles. The number of carbonyl (C=O) groups excluding carboxylic acids is 2. The molecule has 0 bridgehead atoms. The molecule has 2 N–H and O–H groups in total. The Hall–Kier alpha value is -3.15. The van der Waals surface area contributed by atoms with Crippen molar-refractivity contribution in [1.29, 1.82) is 0 Å². The van der Waals surface area contributed by atoms with Crippen molar-refractivity contribution < 1.29 is 19.5 Å². The lowest BCUT2D eigenvalue weighted by atomic mass is 9.77. The summed E-state index contributed by atoms with van der Waals surface area (Å²) in [6.07, 6.45) is 0.429. The van der Waals surface area contributed by atoms with Gasteiger partial charge in [0.15, 0.2) is 0 Å². The number of carboxylic acid groups (broad SMARTS) is 1. The number of carbonyl (C=O) groups is 3. The zero-order chi connectivity index (χ0) is 19.1. The summed E-state index contributed by atoms with van der Waals surface area (Å²) in [5.41, 5.74) is 2.58. The van der Waals surface area contributed by atoms with E-state index in [1.54, 1.807) is 36.2 Å². The third-order valence-electron chi connectivity index (χ3n) is 4.71. The molecule has 2 aromatic carbocycles. The fraction of sp³-hybridized carbons (Fsp3) is 0.250. The number of nitrogens with zero attached hydrogens (tertiary/aromatic N) is 1. The van der Waals surface area contributed by atoms with Crippen molar-refractivity contribution in [3.05, 3.63) is 59.2 Å². The highest BCUT2D eigenvalue weighted by atomic mass is 16.4. The quantitative estimate of drug-likeness (QED) is 0.887. The molecule has 1 heterocycles. The number of anilines is 2. The maximum absolute atomic E-state index is 12.5. The molecule has 6 nitrogen and oxygen atoms in total. The Morgan fingerprint density at radius 2 is 1.69 bits per heavy atom. The highest BCUT2D eigenvalue weighted by Gasteiger charge is 2.35. The van der Waals surface area contributed by atoms with Crippen LogP contribution < -0.4 is 10.2 Å². The molecule has 0 spiro atoms. The average molecular weight is 352 g/mol. The highest BCUT2D eigenvalue weighted by Crippen LogP contribution is 2.40. The normalized spacial score (nSPS) is 15.3. The first kappa shape index (κ1) is 17.7. The zero-order valence-electron chi connectivity index (χ0n) is 14.9. The first-order valence-corrected chi connectivity index (χ1v) is 8.25. The van der Waals surface area contributed by atoms with E-state index in [-0.39, 0.29) is 22.8 Å². The fourth-order valence-electron chi connectivity index (χ4n) is 3.15. The maximum atomic E-state index is 12.5. The molecule has 1 aliphatic rings. The van der Waals surface area contributed by atoms with Gasteiger partial charge in [0.05, 0.1) is 5.56 Å². The van der Waals surface area contributed by atoms with E-state index in [1.807, 2.05) is 19.9 Å². The lowest BCUT2D eigenvalue weighted by Crippen LogP contribution is -2.39. The summed E-state index contributed by atoms with van der Waals surface area (Å²) in [5, 5.41) is 11.7. The van der Waals surface area contributed by atoms with Gasteiger partial charge in [-0.25, -0.2) is 4.79 Å². The third-order valence-corrected chi connectivity index (χ3v) is 4.71. The van der Waals surface area contributed by atoms with E-state index in [1.165, 1.54) is 12.1 Å². The second-order valence-electron chi connectivity index (χ2n) is 7.08. The Bertz CT molecular complexity index is 901. The minimum absolute atomic E-state index is 0.0179. The largest absolute Gasteiger partial charge is 0.478 e. The number of carboxylic acids is 1. The average Bonchev–Trinajstić information content (AvgIpc) is 2.59. The van der Waals surface area contributed by atoms with Crippen LogP contribution in [-0.2, 0) is 10.2 Å². The Morgan fingerprint density at radius 1 is 1.08 bits per heavy atom. The van der Waals surface area contributed by atoms with Gasteiger partial charge >= 0.3 is 5.97 Å². The number of rotatable bonds is 3. The molecule has 0 radical (unpaired) electrons. The predicted molar refractivity (Wildman–Crippen MR) is 98.8 cm³/mol. The summed E-state index contributed by atoms with van der Waals surface area (Å²) >= 11 is 0. The predicted octanol–water partition coefficient (Wildman–Crippen LogP) is 3.28. The lowest BCUT2D eigenvalue weighted by Gasteiger charge is -2.37. The molecule has 0 aromatic heterocycles. The van der Waals surface area contributed by atoms with Crippen LogP contribution in [-0.4, -0.2) is 29.9 Å². The first-order chi connectivity index (χ1) is 12.2. The van der Waals surface area contributed by atoms with Gasteiger partial charge in [0.1, 0.15) is 0 Å². The molecule has 1 aliphatic heterocycles. The molecule has 26 heavy (non-hydrogen) atoms. The van der Waals surface area contributed by atoms with Crippen molar-refractivity contribution >= 4 is 29.2 Å². The molecule has 134 valence electrons. The van der Waals surface area contributed by atoms with Gasteiger partial charge in [-0.3, -0.25) is 9.59 Å². The Morgan fingerprint density at radius 3 is 2.31 bits per heavy atom. The van der Waals surface area contributed by atoms with E-state index < -0.39 is 5.97 Å². The molecule has 6 heteroatoms. The molecule has 2 aromatic rings. The maximum Gasteiger partial charge on any atom is 0.335 e. The van der Waals surface area contributed by atoms with Crippen LogP contribution in [0, 0.1) is 0 Å². The monoisotopic (exact) mass is 352 g/mol. The van der Waals surface area contributed by atoms with Crippen molar-refractivity contribution in [3.63, 3.8) is 0 Å². The van der Waals surface area contributed by atoms with Gasteiger partial charge in [-0.2, -0.15) is 0 Å². The number of hydrogen-bond acceptors (Lipinski definition) is 3. The Balaban J connectivity index is 1.87. The van der Waals surface area contributed by atoms with Crippen molar-refractivity contribution in [2.24, 2.45) is 0 Å². The minimum Gasteiger partial charge on any atom is -0.478 e. The number of nitrogens with one attached hydrogen (secondary N) is 1. The van der Waals surface area contributed by atoms with Crippen LogP contribution in [0.1, 0.15) is 46.5 Å². The van der Waals surface area contributed by atoms with E-state index in [2.05, 4.69) is 5.32 Å². The van der Waals surface area contributed by atoms with Crippen LogP contribution in [0.15, 0.2) is 42.5 Å². The second-order valence-corrected chi connectivity index (χ2v) is 7.08. The van der Waals surface area contributed by atoms with Crippen LogP contribution in [0.3, 0.4) is 0 Å². The summed E-state index contributed by atoms with van der Waals surface area (Å²) in [6.45, 7) is 4.03. The number of fused-ring (bicyclic) bond motifs is 1. The third kappa shape index (κ3) is 3.18. The summed E-state index contributed by atoms with van der Waals surface area (Å²) in [7, 11) is 1.71. The van der Waals surface area contributed by atoms with E-state index in [0.29, 0.717) is 17.7 Å². The van der Waals surface area contributed by atoms with Crippen molar-refractivity contribution in [1.82, 2.24) is 0 Å². The van der Waals surface area contributed by atoms with Crippen molar-refractivity contribution in [2.45, 2.75) is 25.7 Å². The summed E-state index contributed by atoms with van der Waals surface area (Å²) in [5.74, 6) is -1.32. The molecule has 0 unspecified atom stereocenters. The van der Waals surface area contributed by atoms with Crippen LogP contribution in [0.4, 0.5) is 11.4 Å². The summed E-state index contributed by atoms with van der Waals surface area (Å²) in [4.78, 5) is 37.2. The van der Waals surface area contributed by atoms with Crippen molar-refractivity contribution in [3.8, 4) is 0 Å². The molecule has 0 atom stereocenters. The van der Waals surface area contributed by atoms with Crippen LogP contribution in [0.5, 0.6) is 0 Å². The van der Waals surface area contributed by atoms with Gasteiger partial charge in [-0.15, -0.1) is 0 Å². The van der Waals surface area contributed by atoms with Gasteiger partial charge in [0.25, 0.3) is 5.91 Å². The lowest BCUT2D eigenvalue weighted by molar-refractivity contribution is -0.119. The van der Waals surface area contributed by atoms with E-state index >= 15 is 0 Å². The number of aromatic carboxylic acids is 1. The van der Waals surface area contributed by atoms with Crippen LogP contribution in [0.2, 0.25) is 0 Å². The minimum atomic E-state index is -1.02. The zero-order valence-corrected chi connectivity index (χ0v) is 14.9. The Kier molecular flexibility index (Phi) is 4.28. The van der Waals surface area contributed by atoms with Gasteiger partial charge < -0.3 is 15.3 Å². The second kappa shape index (κ2) is 6.29. The first-order valence-electron chi connectivity index (χ1n) is 8.25. The smallest absolute Gasteiger partial charge is 0.335 e. The van der Waals surface area contributed by atoms with Gasteiger partial charge in [0.2, 0.25) is 5.91 Å². The fourth-order valence-corrected chi connectivity index (χ4v) is 3.15. The molecule has 3 rings (SSSR count).